The van der Waals surface area contributed by atoms with E-state index >= 15 is 0 Å². The van der Waals surface area contributed by atoms with Crippen LogP contribution in [0.3, 0.4) is 0 Å². The van der Waals surface area contributed by atoms with Crippen LogP contribution in [0.15, 0.2) is 29.4 Å². The van der Waals surface area contributed by atoms with Gasteiger partial charge in [0.15, 0.2) is 0 Å². The summed E-state index contributed by atoms with van der Waals surface area (Å²) in [4.78, 5) is 2.79. The number of hydrogen-bond donors (Lipinski definition) is 0. The van der Waals surface area contributed by atoms with Crippen molar-refractivity contribution in [3.8, 4) is 0 Å². The molecule has 0 bridgehead atoms. The maximum absolute atomic E-state index is 8.36. The van der Waals surface area contributed by atoms with Crippen LogP contribution >= 0.6 is 0 Å². The van der Waals surface area contributed by atoms with Crippen molar-refractivity contribution in [3.05, 3.63) is 45.8 Å². The van der Waals surface area contributed by atoms with Crippen molar-refractivity contribution >= 4 is 0 Å². The van der Waals surface area contributed by atoms with Crippen LogP contribution in [0.4, 0.5) is 0 Å². The summed E-state index contributed by atoms with van der Waals surface area (Å²) in [6, 6.07) is 7.99. The van der Waals surface area contributed by atoms with Gasteiger partial charge in [-0.2, -0.15) is 0 Å². The van der Waals surface area contributed by atoms with E-state index in [1.807, 2.05) is 18.2 Å². The Balaban J connectivity index is 3.06. The van der Waals surface area contributed by atoms with Crippen LogP contribution in [0.25, 0.3) is 10.4 Å². The van der Waals surface area contributed by atoms with Crippen molar-refractivity contribution in [2.75, 3.05) is 13.7 Å². The third kappa shape index (κ3) is 2.99. The molecule has 0 fully saturated rings. The number of ether oxygens (including phenoxy) is 1. The van der Waals surface area contributed by atoms with Gasteiger partial charge in [0.2, 0.25) is 0 Å². The quantitative estimate of drug-likeness (QED) is 0.425. The molecule has 86 valence electrons. The third-order valence-electron chi connectivity index (χ3n) is 2.56. The minimum absolute atomic E-state index is 0.0731. The molecule has 0 aliphatic rings. The van der Waals surface area contributed by atoms with E-state index < -0.39 is 0 Å². The minimum Gasteiger partial charge on any atom is -0.384 e. The Morgan fingerprint density at radius 2 is 2.06 bits per heavy atom. The second kappa shape index (κ2) is 5.54. The van der Waals surface area contributed by atoms with Crippen LogP contribution < -0.4 is 0 Å². The number of rotatable bonds is 5. The van der Waals surface area contributed by atoms with Gasteiger partial charge in [0, 0.05) is 17.4 Å². The minimum atomic E-state index is -0.0731. The molecule has 4 nitrogen and oxygen atoms in total. The zero-order chi connectivity index (χ0) is 12.0. The van der Waals surface area contributed by atoms with Crippen molar-refractivity contribution in [2.24, 2.45) is 5.11 Å². The van der Waals surface area contributed by atoms with E-state index in [9.17, 15) is 0 Å². The van der Waals surface area contributed by atoms with E-state index in [0.717, 1.165) is 5.56 Å². The average Bonchev–Trinajstić information content (AvgIpc) is 2.26. The van der Waals surface area contributed by atoms with Crippen LogP contribution in [0, 0.1) is 0 Å². The summed E-state index contributed by atoms with van der Waals surface area (Å²) in [6.07, 6.45) is 0. The van der Waals surface area contributed by atoms with E-state index in [-0.39, 0.29) is 5.41 Å². The Morgan fingerprint density at radius 3 is 2.69 bits per heavy atom. The van der Waals surface area contributed by atoms with Gasteiger partial charge in [0.25, 0.3) is 0 Å². The van der Waals surface area contributed by atoms with Crippen molar-refractivity contribution < 1.29 is 4.74 Å². The molecule has 0 unspecified atom stereocenters. The highest BCUT2D eigenvalue weighted by Crippen LogP contribution is 2.27. The number of methoxy groups -OCH3 is 1. The highest BCUT2D eigenvalue weighted by atomic mass is 16.5. The van der Waals surface area contributed by atoms with Gasteiger partial charge in [-0.3, -0.25) is 0 Å². The Hall–Kier alpha value is -1.51. The van der Waals surface area contributed by atoms with Crippen LogP contribution in [0.2, 0.25) is 0 Å². The van der Waals surface area contributed by atoms with Crippen molar-refractivity contribution in [2.45, 2.75) is 25.8 Å². The normalized spacial score (nSPS) is 10.9. The van der Waals surface area contributed by atoms with Gasteiger partial charge in [-0.1, -0.05) is 43.2 Å². The fraction of sp³-hybridized carbons (Fsp3) is 0.500. The van der Waals surface area contributed by atoms with Gasteiger partial charge in [-0.15, -0.1) is 0 Å². The Morgan fingerprint density at radius 1 is 1.38 bits per heavy atom. The molecule has 0 amide bonds. The number of benzene rings is 1. The van der Waals surface area contributed by atoms with E-state index in [1.165, 1.54) is 5.56 Å². The van der Waals surface area contributed by atoms with E-state index in [2.05, 4.69) is 29.9 Å². The fourth-order valence-electron chi connectivity index (χ4n) is 1.86. The molecule has 0 spiro atoms. The first-order chi connectivity index (χ1) is 7.61. The molecule has 0 aliphatic heterocycles. The zero-order valence-corrected chi connectivity index (χ0v) is 9.97. The molecule has 0 aliphatic carbocycles. The Bertz CT molecular complexity index is 395. The Kier molecular flexibility index (Phi) is 4.35. The summed E-state index contributed by atoms with van der Waals surface area (Å²) >= 11 is 0. The molecular weight excluding hydrogens is 202 g/mol. The molecule has 0 atom stereocenters. The van der Waals surface area contributed by atoms with Crippen molar-refractivity contribution in [1.29, 1.82) is 0 Å². The third-order valence-corrected chi connectivity index (χ3v) is 2.56. The van der Waals surface area contributed by atoms with Crippen LogP contribution in [-0.4, -0.2) is 13.7 Å². The number of nitrogens with zero attached hydrogens (tertiary/aromatic N) is 3. The molecule has 0 heterocycles. The first kappa shape index (κ1) is 12.6. The summed E-state index contributed by atoms with van der Waals surface area (Å²) in [5, 5.41) is 3.62. The summed E-state index contributed by atoms with van der Waals surface area (Å²) < 4.78 is 5.22. The van der Waals surface area contributed by atoms with Gasteiger partial charge < -0.3 is 4.74 Å². The standard InChI is InChI=1S/C12H17N3O/c1-12(2,9-16-3)11-7-5-4-6-10(11)8-14-15-13/h4-7H,8-9H2,1-3H3. The molecule has 16 heavy (non-hydrogen) atoms. The SMILES string of the molecule is COCC(C)(C)c1ccccc1CN=[N+]=[N-]. The predicted octanol–water partition coefficient (Wildman–Crippen LogP) is 3.42. The summed E-state index contributed by atoms with van der Waals surface area (Å²) in [6.45, 7) is 5.26. The second-order valence-electron chi connectivity index (χ2n) is 4.36. The van der Waals surface area contributed by atoms with Crippen LogP contribution in [0.1, 0.15) is 25.0 Å². The van der Waals surface area contributed by atoms with Crippen LogP contribution in [-0.2, 0) is 16.7 Å². The maximum Gasteiger partial charge on any atom is 0.0553 e. The molecule has 0 N–H and O–H groups in total. The van der Waals surface area contributed by atoms with Gasteiger partial charge >= 0.3 is 0 Å². The molecule has 1 aromatic rings. The van der Waals surface area contributed by atoms with Crippen LogP contribution in [0.5, 0.6) is 0 Å². The lowest BCUT2D eigenvalue weighted by molar-refractivity contribution is 0.146. The van der Waals surface area contributed by atoms with Gasteiger partial charge in [0.1, 0.15) is 0 Å². The molecule has 0 aromatic heterocycles. The molecule has 1 aromatic carbocycles. The molecule has 1 rings (SSSR count). The molecule has 0 saturated carbocycles. The zero-order valence-electron chi connectivity index (χ0n) is 9.97. The molecule has 0 saturated heterocycles. The van der Waals surface area contributed by atoms with E-state index in [0.29, 0.717) is 13.2 Å². The molecular formula is C12H17N3O. The summed E-state index contributed by atoms with van der Waals surface area (Å²) in [7, 11) is 1.69. The van der Waals surface area contributed by atoms with Crippen molar-refractivity contribution in [1.82, 2.24) is 0 Å². The van der Waals surface area contributed by atoms with Gasteiger partial charge in [0.05, 0.1) is 13.2 Å². The van der Waals surface area contributed by atoms with E-state index in [4.69, 9.17) is 10.3 Å². The smallest absolute Gasteiger partial charge is 0.0553 e. The average molecular weight is 219 g/mol. The molecule has 0 radical (unpaired) electrons. The highest BCUT2D eigenvalue weighted by molar-refractivity contribution is 5.33. The second-order valence-corrected chi connectivity index (χ2v) is 4.36. The first-order valence-corrected chi connectivity index (χ1v) is 5.20. The first-order valence-electron chi connectivity index (χ1n) is 5.20. The lowest BCUT2D eigenvalue weighted by atomic mass is 9.82. The largest absolute Gasteiger partial charge is 0.384 e. The monoisotopic (exact) mass is 219 g/mol. The molecule has 4 heteroatoms. The highest BCUT2D eigenvalue weighted by Gasteiger charge is 2.22. The Labute approximate surface area is 95.9 Å². The van der Waals surface area contributed by atoms with E-state index in [1.54, 1.807) is 7.11 Å². The number of azide groups is 1. The van der Waals surface area contributed by atoms with Gasteiger partial charge in [-0.25, -0.2) is 0 Å². The van der Waals surface area contributed by atoms with Gasteiger partial charge in [-0.05, 0) is 16.7 Å². The van der Waals surface area contributed by atoms with Crippen molar-refractivity contribution in [3.63, 3.8) is 0 Å². The summed E-state index contributed by atoms with van der Waals surface area (Å²) in [5.74, 6) is 0. The lowest BCUT2D eigenvalue weighted by Crippen LogP contribution is -2.25. The topological polar surface area (TPSA) is 58.0 Å². The lowest BCUT2D eigenvalue weighted by Gasteiger charge is -2.26. The maximum atomic E-state index is 8.36. The predicted molar refractivity (Wildman–Crippen MR) is 64.2 cm³/mol. The fourth-order valence-corrected chi connectivity index (χ4v) is 1.86. The number of hydrogen-bond acceptors (Lipinski definition) is 2. The summed E-state index contributed by atoms with van der Waals surface area (Å²) in [5.41, 5.74) is 10.5.